The van der Waals surface area contributed by atoms with Crippen LogP contribution in [0.1, 0.15) is 12.5 Å². The van der Waals surface area contributed by atoms with Gasteiger partial charge in [-0.25, -0.2) is 0 Å². The number of aryl methyl sites for hydroxylation is 1. The number of carbonyl (C=O) groups excluding carboxylic acids is 1. The van der Waals surface area contributed by atoms with Gasteiger partial charge in [0, 0.05) is 5.56 Å². The van der Waals surface area contributed by atoms with Crippen LogP contribution >= 0.6 is 11.8 Å². The van der Waals surface area contributed by atoms with Crippen molar-refractivity contribution in [2.24, 2.45) is 0 Å². The first-order valence-corrected chi connectivity index (χ1v) is 6.86. The van der Waals surface area contributed by atoms with Crippen LogP contribution in [-0.2, 0) is 9.53 Å². The predicted molar refractivity (Wildman–Crippen MR) is 71.8 cm³/mol. The third-order valence-corrected chi connectivity index (χ3v) is 3.08. The van der Waals surface area contributed by atoms with Crippen molar-refractivity contribution in [1.29, 1.82) is 0 Å². The highest BCUT2D eigenvalue weighted by Crippen LogP contribution is 2.23. The van der Waals surface area contributed by atoms with E-state index in [2.05, 4.69) is 10.2 Å². The molecule has 0 fully saturated rings. The molecule has 0 amide bonds. The van der Waals surface area contributed by atoms with Crippen LogP contribution in [-0.4, -0.2) is 28.5 Å². The van der Waals surface area contributed by atoms with Gasteiger partial charge in [0.2, 0.25) is 5.89 Å². The maximum absolute atomic E-state index is 11.2. The Morgan fingerprint density at radius 2 is 2.26 bits per heavy atom. The van der Waals surface area contributed by atoms with Gasteiger partial charge in [0.15, 0.2) is 0 Å². The molecule has 6 heteroatoms. The van der Waals surface area contributed by atoms with Crippen LogP contribution in [0.25, 0.3) is 11.5 Å². The summed E-state index contributed by atoms with van der Waals surface area (Å²) in [6.45, 7) is 4.14. The quantitative estimate of drug-likeness (QED) is 0.619. The molecule has 0 N–H and O–H groups in total. The fourth-order valence-electron chi connectivity index (χ4n) is 1.49. The maximum atomic E-state index is 11.2. The summed E-state index contributed by atoms with van der Waals surface area (Å²) in [6.07, 6.45) is 0. The van der Waals surface area contributed by atoms with Crippen molar-refractivity contribution >= 4 is 17.7 Å². The largest absolute Gasteiger partial charge is 0.465 e. The van der Waals surface area contributed by atoms with Gasteiger partial charge < -0.3 is 9.15 Å². The second-order valence-electron chi connectivity index (χ2n) is 3.84. The highest BCUT2D eigenvalue weighted by atomic mass is 32.2. The Balaban J connectivity index is 2.01. The summed E-state index contributed by atoms with van der Waals surface area (Å²) in [5.74, 6) is 0.335. The number of thioether (sulfide) groups is 1. The first kappa shape index (κ1) is 13.6. The molecule has 0 saturated heterocycles. The number of carbonyl (C=O) groups is 1. The van der Waals surface area contributed by atoms with Crippen LogP contribution in [0, 0.1) is 6.92 Å². The van der Waals surface area contributed by atoms with Gasteiger partial charge in [-0.05, 0) is 26.0 Å². The number of aromatic nitrogens is 2. The second-order valence-corrected chi connectivity index (χ2v) is 4.76. The normalized spacial score (nSPS) is 10.4. The first-order valence-electron chi connectivity index (χ1n) is 5.88. The number of ether oxygens (including phenoxy) is 1. The van der Waals surface area contributed by atoms with Crippen molar-refractivity contribution in [3.63, 3.8) is 0 Å². The molecule has 0 spiro atoms. The third-order valence-electron chi connectivity index (χ3n) is 2.29. The number of nitrogens with zero attached hydrogens (tertiary/aromatic N) is 2. The number of rotatable bonds is 5. The molecule has 19 heavy (non-hydrogen) atoms. The van der Waals surface area contributed by atoms with E-state index in [4.69, 9.17) is 9.15 Å². The zero-order chi connectivity index (χ0) is 13.7. The summed E-state index contributed by atoms with van der Waals surface area (Å²) in [6, 6.07) is 7.80. The van der Waals surface area contributed by atoms with Gasteiger partial charge >= 0.3 is 5.97 Å². The van der Waals surface area contributed by atoms with Gasteiger partial charge in [0.25, 0.3) is 5.22 Å². The molecule has 5 nitrogen and oxygen atoms in total. The molecule has 0 bridgehead atoms. The first-order chi connectivity index (χ1) is 9.19. The minimum Gasteiger partial charge on any atom is -0.465 e. The van der Waals surface area contributed by atoms with Crippen LogP contribution in [0.15, 0.2) is 33.9 Å². The second kappa shape index (κ2) is 6.38. The molecule has 0 aliphatic carbocycles. The highest BCUT2D eigenvalue weighted by Gasteiger charge is 2.11. The van der Waals surface area contributed by atoms with Crippen LogP contribution in [0.5, 0.6) is 0 Å². The Bertz CT molecular complexity index is 569. The molecular formula is C13H14N2O3S. The Morgan fingerprint density at radius 3 is 3.00 bits per heavy atom. The molecule has 0 aliphatic heterocycles. The Hall–Kier alpha value is -1.82. The average molecular weight is 278 g/mol. The molecule has 2 rings (SSSR count). The minimum absolute atomic E-state index is 0.170. The van der Waals surface area contributed by atoms with Crippen LogP contribution < -0.4 is 0 Å². The molecule has 1 aromatic carbocycles. The number of esters is 1. The van der Waals surface area contributed by atoms with Crippen molar-refractivity contribution in [3.8, 4) is 11.5 Å². The molecular weight excluding hydrogens is 264 g/mol. The number of hydrogen-bond acceptors (Lipinski definition) is 6. The molecule has 0 radical (unpaired) electrons. The molecule has 100 valence electrons. The third kappa shape index (κ3) is 3.82. The van der Waals surface area contributed by atoms with Crippen molar-refractivity contribution in [1.82, 2.24) is 10.2 Å². The fourth-order valence-corrected chi connectivity index (χ4v) is 2.05. The highest BCUT2D eigenvalue weighted by molar-refractivity contribution is 7.99. The SMILES string of the molecule is CCOC(=O)CSc1nnc(-c2cccc(C)c2)o1. The standard InChI is InChI=1S/C13H14N2O3S/c1-3-17-11(16)8-19-13-15-14-12(18-13)10-6-4-5-9(2)7-10/h4-7H,3,8H2,1-2H3. The van der Waals surface area contributed by atoms with Gasteiger partial charge in [-0.15, -0.1) is 10.2 Å². The van der Waals surface area contributed by atoms with E-state index in [1.807, 2.05) is 31.2 Å². The van der Waals surface area contributed by atoms with Gasteiger partial charge in [0.1, 0.15) is 5.75 Å². The van der Waals surface area contributed by atoms with Crippen molar-refractivity contribution < 1.29 is 13.9 Å². The lowest BCUT2D eigenvalue weighted by Gasteiger charge is -1.98. The van der Waals surface area contributed by atoms with Gasteiger partial charge in [0.05, 0.1) is 6.61 Å². The van der Waals surface area contributed by atoms with E-state index in [-0.39, 0.29) is 11.7 Å². The number of hydrogen-bond donors (Lipinski definition) is 0. The number of benzene rings is 1. The fraction of sp³-hybridized carbons (Fsp3) is 0.308. The van der Waals surface area contributed by atoms with Crippen LogP contribution in [0.3, 0.4) is 0 Å². The summed E-state index contributed by atoms with van der Waals surface area (Å²) >= 11 is 1.17. The van der Waals surface area contributed by atoms with E-state index in [1.54, 1.807) is 6.92 Å². The molecule has 1 heterocycles. The lowest BCUT2D eigenvalue weighted by Crippen LogP contribution is -2.06. The molecule has 2 aromatic rings. The van der Waals surface area contributed by atoms with Crippen molar-refractivity contribution in [2.75, 3.05) is 12.4 Å². The molecule has 0 saturated carbocycles. The minimum atomic E-state index is -0.289. The van der Waals surface area contributed by atoms with Gasteiger partial charge in [-0.1, -0.05) is 29.5 Å². The lowest BCUT2D eigenvalue weighted by molar-refractivity contribution is -0.139. The summed E-state index contributed by atoms with van der Waals surface area (Å²) in [4.78, 5) is 11.2. The van der Waals surface area contributed by atoms with E-state index in [1.165, 1.54) is 11.8 Å². The molecule has 1 aromatic heterocycles. The Labute approximate surface area is 115 Å². The Morgan fingerprint density at radius 1 is 1.42 bits per heavy atom. The van der Waals surface area contributed by atoms with Crippen LogP contribution in [0.4, 0.5) is 0 Å². The summed E-state index contributed by atoms with van der Waals surface area (Å²) < 4.78 is 10.3. The summed E-state index contributed by atoms with van der Waals surface area (Å²) in [5.41, 5.74) is 1.99. The lowest BCUT2D eigenvalue weighted by atomic mass is 10.1. The topological polar surface area (TPSA) is 65.2 Å². The van der Waals surface area contributed by atoms with E-state index in [0.29, 0.717) is 17.7 Å². The molecule has 0 aliphatic rings. The summed E-state index contributed by atoms with van der Waals surface area (Å²) in [5, 5.41) is 8.22. The zero-order valence-corrected chi connectivity index (χ0v) is 11.6. The van der Waals surface area contributed by atoms with Crippen molar-refractivity contribution in [3.05, 3.63) is 29.8 Å². The van der Waals surface area contributed by atoms with Gasteiger partial charge in [-0.3, -0.25) is 4.79 Å². The zero-order valence-electron chi connectivity index (χ0n) is 10.8. The average Bonchev–Trinajstić information content (AvgIpc) is 2.85. The Kier molecular flexibility index (Phi) is 4.57. The monoisotopic (exact) mass is 278 g/mol. The molecule has 0 unspecified atom stereocenters. The van der Waals surface area contributed by atoms with E-state index in [0.717, 1.165) is 11.1 Å². The summed E-state index contributed by atoms with van der Waals surface area (Å²) in [7, 11) is 0. The smallest absolute Gasteiger partial charge is 0.316 e. The van der Waals surface area contributed by atoms with E-state index in [9.17, 15) is 4.79 Å². The van der Waals surface area contributed by atoms with Crippen molar-refractivity contribution in [2.45, 2.75) is 19.1 Å². The van der Waals surface area contributed by atoms with E-state index >= 15 is 0 Å². The maximum Gasteiger partial charge on any atom is 0.316 e. The molecule has 0 atom stereocenters. The predicted octanol–water partition coefficient (Wildman–Crippen LogP) is 2.70. The van der Waals surface area contributed by atoms with Gasteiger partial charge in [-0.2, -0.15) is 0 Å². The van der Waals surface area contributed by atoms with Crippen LogP contribution in [0.2, 0.25) is 0 Å². The van der Waals surface area contributed by atoms with E-state index < -0.39 is 0 Å².